The molecule has 0 spiro atoms. The molecule has 1 amide bonds. The van der Waals surface area contributed by atoms with E-state index in [1.165, 1.54) is 16.7 Å². The van der Waals surface area contributed by atoms with Gasteiger partial charge in [-0.25, -0.2) is 0 Å². The highest BCUT2D eigenvalue weighted by atomic mass is 16.5. The summed E-state index contributed by atoms with van der Waals surface area (Å²) >= 11 is 0. The number of nitrogens with zero attached hydrogens (tertiary/aromatic N) is 1. The molecule has 174 valence electrons. The van der Waals surface area contributed by atoms with E-state index in [4.69, 9.17) is 15.6 Å². The van der Waals surface area contributed by atoms with E-state index in [1.54, 1.807) is 4.90 Å². The smallest absolute Gasteiger partial charge is 0.253 e. The van der Waals surface area contributed by atoms with Crippen LogP contribution in [0.2, 0.25) is 0 Å². The highest BCUT2D eigenvalue weighted by molar-refractivity contribution is 5.94. The lowest BCUT2D eigenvalue weighted by Crippen LogP contribution is -2.26. The topological polar surface area (TPSA) is 75.8 Å². The molecular weight excluding hydrogens is 400 g/mol. The standard InChI is InChI=1S/C27H38N2O3/c1-3-29(2)27(31)24-8-6-9-26(17-24)32-19-20-10-11-22-16-23(13-12-21(22)15-20)25(18-28)7-4-5-14-30/h6,8-9,12-13,16-17,20,25,30H,3-5,7,10-11,14-15,18-19,28H2,1-2H3/t20-,25+/m1/s1. The molecule has 3 N–H and O–H groups in total. The van der Waals surface area contributed by atoms with Gasteiger partial charge in [0.05, 0.1) is 6.61 Å². The summed E-state index contributed by atoms with van der Waals surface area (Å²) in [6, 6.07) is 14.4. The Hall–Kier alpha value is -2.37. The van der Waals surface area contributed by atoms with Crippen LogP contribution in [0.3, 0.4) is 0 Å². The van der Waals surface area contributed by atoms with E-state index in [0.717, 1.165) is 44.3 Å². The van der Waals surface area contributed by atoms with Gasteiger partial charge in [0, 0.05) is 25.8 Å². The Morgan fingerprint density at radius 2 is 2.06 bits per heavy atom. The summed E-state index contributed by atoms with van der Waals surface area (Å²) < 4.78 is 6.09. The number of unbranched alkanes of at least 4 members (excludes halogenated alkanes) is 1. The molecule has 1 aliphatic carbocycles. The molecule has 32 heavy (non-hydrogen) atoms. The van der Waals surface area contributed by atoms with E-state index in [0.29, 0.717) is 37.1 Å². The van der Waals surface area contributed by atoms with Crippen LogP contribution >= 0.6 is 0 Å². The monoisotopic (exact) mass is 438 g/mol. The zero-order chi connectivity index (χ0) is 22.9. The lowest BCUT2D eigenvalue weighted by molar-refractivity contribution is 0.0802. The first-order valence-electron chi connectivity index (χ1n) is 12.0. The maximum Gasteiger partial charge on any atom is 0.253 e. The van der Waals surface area contributed by atoms with Crippen LogP contribution in [0, 0.1) is 5.92 Å². The Kier molecular flexibility index (Phi) is 9.12. The summed E-state index contributed by atoms with van der Waals surface area (Å²) in [7, 11) is 1.81. The molecule has 0 saturated heterocycles. The second-order valence-electron chi connectivity index (χ2n) is 8.95. The summed E-state index contributed by atoms with van der Waals surface area (Å²) in [4.78, 5) is 14.1. The normalized spacial score (nSPS) is 16.3. The van der Waals surface area contributed by atoms with Gasteiger partial charge in [0.15, 0.2) is 0 Å². The number of amides is 1. The second-order valence-corrected chi connectivity index (χ2v) is 8.95. The SMILES string of the molecule is CCN(C)C(=O)c1cccc(OC[C@@H]2CCc3cc([C@H](CN)CCCCO)ccc3C2)c1. The fourth-order valence-electron chi connectivity index (χ4n) is 4.47. The van der Waals surface area contributed by atoms with Crippen LogP contribution in [0.5, 0.6) is 5.75 Å². The predicted octanol–water partition coefficient (Wildman–Crippen LogP) is 4.17. The molecule has 2 aromatic carbocycles. The van der Waals surface area contributed by atoms with E-state index >= 15 is 0 Å². The van der Waals surface area contributed by atoms with Gasteiger partial charge in [0.2, 0.25) is 0 Å². The van der Waals surface area contributed by atoms with Gasteiger partial charge in [-0.1, -0.05) is 30.7 Å². The van der Waals surface area contributed by atoms with Crippen molar-refractivity contribution in [3.63, 3.8) is 0 Å². The van der Waals surface area contributed by atoms with Gasteiger partial charge in [0.25, 0.3) is 5.91 Å². The van der Waals surface area contributed by atoms with Crippen LogP contribution in [0.1, 0.15) is 65.6 Å². The molecule has 0 unspecified atom stereocenters. The molecule has 5 nitrogen and oxygen atoms in total. The van der Waals surface area contributed by atoms with E-state index in [2.05, 4.69) is 18.2 Å². The van der Waals surface area contributed by atoms with Crippen LogP contribution in [0.4, 0.5) is 0 Å². The fraction of sp³-hybridized carbons (Fsp3) is 0.519. The van der Waals surface area contributed by atoms with Crippen molar-refractivity contribution in [1.82, 2.24) is 4.90 Å². The number of carbonyl (C=O) groups excluding carboxylic acids is 1. The second kappa shape index (κ2) is 12.0. The van der Waals surface area contributed by atoms with Crippen LogP contribution < -0.4 is 10.5 Å². The summed E-state index contributed by atoms with van der Waals surface area (Å²) in [6.07, 6.45) is 6.06. The van der Waals surface area contributed by atoms with Crippen molar-refractivity contribution < 1.29 is 14.6 Å². The first kappa shape index (κ1) is 24.3. The lowest BCUT2D eigenvalue weighted by atomic mass is 9.81. The Labute approximate surface area is 192 Å². The molecule has 5 heteroatoms. The van der Waals surface area contributed by atoms with Crippen molar-refractivity contribution in [2.45, 2.75) is 51.4 Å². The van der Waals surface area contributed by atoms with Crippen molar-refractivity contribution in [3.05, 3.63) is 64.7 Å². The number of rotatable bonds is 11. The number of aliphatic hydroxyl groups is 1. The molecule has 2 aromatic rings. The maximum absolute atomic E-state index is 12.4. The van der Waals surface area contributed by atoms with Crippen LogP contribution in [-0.2, 0) is 12.8 Å². The summed E-state index contributed by atoms with van der Waals surface area (Å²) in [5.41, 5.74) is 10.9. The molecule has 0 heterocycles. The summed E-state index contributed by atoms with van der Waals surface area (Å²) in [5, 5.41) is 9.03. The first-order valence-corrected chi connectivity index (χ1v) is 12.0. The minimum atomic E-state index is 0.0208. The maximum atomic E-state index is 12.4. The highest BCUT2D eigenvalue weighted by Gasteiger charge is 2.21. The molecule has 3 rings (SSSR count). The van der Waals surface area contributed by atoms with Gasteiger partial charge in [-0.3, -0.25) is 4.79 Å². The highest BCUT2D eigenvalue weighted by Crippen LogP contribution is 2.30. The third-order valence-electron chi connectivity index (χ3n) is 6.67. The molecule has 0 aliphatic heterocycles. The molecule has 2 atom stereocenters. The zero-order valence-corrected chi connectivity index (χ0v) is 19.6. The molecule has 0 aromatic heterocycles. The van der Waals surface area contributed by atoms with Crippen molar-refractivity contribution in [2.24, 2.45) is 11.7 Å². The first-order chi connectivity index (χ1) is 15.5. The fourth-order valence-corrected chi connectivity index (χ4v) is 4.47. The molecule has 0 saturated carbocycles. The van der Waals surface area contributed by atoms with Crippen LogP contribution in [-0.4, -0.2) is 49.3 Å². The number of ether oxygens (including phenoxy) is 1. The number of hydrogen-bond donors (Lipinski definition) is 2. The number of aliphatic hydroxyl groups excluding tert-OH is 1. The molecule has 1 aliphatic rings. The van der Waals surface area contributed by atoms with Gasteiger partial charge in [-0.15, -0.1) is 0 Å². The third-order valence-corrected chi connectivity index (χ3v) is 6.67. The minimum Gasteiger partial charge on any atom is -0.493 e. The lowest BCUT2D eigenvalue weighted by Gasteiger charge is -2.26. The third kappa shape index (κ3) is 6.33. The Morgan fingerprint density at radius 3 is 2.81 bits per heavy atom. The van der Waals surface area contributed by atoms with Gasteiger partial charge >= 0.3 is 0 Å². The largest absolute Gasteiger partial charge is 0.493 e. The van der Waals surface area contributed by atoms with Gasteiger partial charge in [-0.2, -0.15) is 0 Å². The molecule has 0 bridgehead atoms. The molecule has 0 fully saturated rings. The molecule has 0 radical (unpaired) electrons. The average Bonchev–Trinajstić information content (AvgIpc) is 2.84. The number of nitrogens with two attached hydrogens (primary N) is 1. The number of aryl methyl sites for hydroxylation is 1. The number of hydrogen-bond acceptors (Lipinski definition) is 4. The minimum absolute atomic E-state index is 0.0208. The Bertz CT molecular complexity index is 883. The number of fused-ring (bicyclic) bond motifs is 1. The van der Waals surface area contributed by atoms with Crippen LogP contribution in [0.25, 0.3) is 0 Å². The van der Waals surface area contributed by atoms with Crippen molar-refractivity contribution in [2.75, 3.05) is 33.4 Å². The number of carbonyl (C=O) groups is 1. The van der Waals surface area contributed by atoms with Crippen molar-refractivity contribution in [1.29, 1.82) is 0 Å². The van der Waals surface area contributed by atoms with Gasteiger partial charge in [-0.05, 0) is 92.3 Å². The zero-order valence-electron chi connectivity index (χ0n) is 19.6. The van der Waals surface area contributed by atoms with Crippen molar-refractivity contribution >= 4 is 5.91 Å². The Morgan fingerprint density at radius 1 is 1.22 bits per heavy atom. The van der Waals surface area contributed by atoms with Crippen molar-refractivity contribution in [3.8, 4) is 5.75 Å². The summed E-state index contributed by atoms with van der Waals surface area (Å²) in [5.74, 6) is 1.62. The van der Waals surface area contributed by atoms with Crippen LogP contribution in [0.15, 0.2) is 42.5 Å². The van der Waals surface area contributed by atoms with E-state index in [-0.39, 0.29) is 12.5 Å². The van der Waals surface area contributed by atoms with E-state index < -0.39 is 0 Å². The number of benzene rings is 2. The Balaban J connectivity index is 1.57. The van der Waals surface area contributed by atoms with E-state index in [9.17, 15) is 4.79 Å². The summed E-state index contributed by atoms with van der Waals surface area (Å²) in [6.45, 7) is 4.21. The van der Waals surface area contributed by atoms with Gasteiger partial charge < -0.3 is 20.5 Å². The quantitative estimate of drug-likeness (QED) is 0.517. The average molecular weight is 439 g/mol. The predicted molar refractivity (Wildman–Crippen MR) is 129 cm³/mol. The van der Waals surface area contributed by atoms with Gasteiger partial charge in [0.1, 0.15) is 5.75 Å². The van der Waals surface area contributed by atoms with E-state index in [1.807, 2.05) is 38.2 Å². The molecular formula is C27H38N2O3.